The molecule has 18 heavy (non-hydrogen) atoms. The molecule has 2 rings (SSSR count). The molecule has 2 heteroatoms. The molecule has 0 spiro atoms. The Morgan fingerprint density at radius 2 is 0.722 bits per heavy atom. The third-order valence-electron chi connectivity index (χ3n) is 2.44. The molecule has 0 heterocycles. The Morgan fingerprint density at radius 1 is 0.500 bits per heavy atom. The summed E-state index contributed by atoms with van der Waals surface area (Å²) in [6, 6.07) is 17.3. The second-order valence-electron chi connectivity index (χ2n) is 3.73. The first-order chi connectivity index (χ1) is 6.75. The first-order valence-corrected chi connectivity index (χ1v) is 4.89. The molecule has 0 N–H and O–H groups in total. The Labute approximate surface area is 100.0 Å². The monoisotopic (exact) mass is 746 g/mol. The van der Waals surface area contributed by atoms with Gasteiger partial charge >= 0.3 is 0 Å². The van der Waals surface area contributed by atoms with Crippen LogP contribution in [0.15, 0.2) is 48.5 Å². The van der Waals surface area contributed by atoms with E-state index in [9.17, 15) is 0 Å². The van der Waals surface area contributed by atoms with Crippen molar-refractivity contribution in [2.75, 3.05) is 0 Å². The maximum Gasteiger partial charge on any atom is 0 e. The van der Waals surface area contributed by atoms with Gasteiger partial charge in [0.1, 0.15) is 0 Å². The molecule has 0 unspecified atom stereocenters. The van der Waals surface area contributed by atoms with E-state index in [0.717, 1.165) is 0 Å². The molecular weight excluding hydrogens is 726 g/mol. The molecule has 0 aliphatic carbocycles. The van der Waals surface area contributed by atoms with E-state index >= 15 is 0 Å². The fraction of sp³-hybridized carbons (Fsp3) is 0.125. The van der Waals surface area contributed by atoms with E-state index in [1.54, 1.807) is 0 Å². The second kappa shape index (κ2) is 7.70. The summed E-state index contributed by atoms with van der Waals surface area (Å²) in [5.74, 6) is 0. The van der Waals surface area contributed by atoms with Gasteiger partial charge in [-0.25, -0.2) is 0 Å². The van der Waals surface area contributed by atoms with Crippen molar-refractivity contribution in [3.8, 4) is 11.1 Å². The molecule has 0 bridgehead atoms. The molecule has 0 fully saturated rings. The number of benzene rings is 2. The maximum atomic E-state index is 2.17. The molecule has 0 radical (unpaired) electrons. The van der Waals surface area contributed by atoms with Gasteiger partial charge in [-0.1, -0.05) is 59.7 Å². The molecule has 0 atom stereocenters. The smallest absolute Gasteiger partial charge is 0 e. The van der Waals surface area contributed by atoms with Crippen LogP contribution in [0.4, 0.5) is 0 Å². The fourth-order valence-electron chi connectivity index (χ4n) is 1.49. The van der Waals surface area contributed by atoms with Crippen LogP contribution in [0, 0.1) is 28.7 Å². The summed E-state index contributed by atoms with van der Waals surface area (Å²) >= 11 is 0. The summed E-state index contributed by atoms with van der Waals surface area (Å²) < 4.78 is 0. The van der Waals surface area contributed by atoms with Crippen molar-refractivity contribution in [3.05, 3.63) is 74.5 Å². The molecule has 0 saturated heterocycles. The van der Waals surface area contributed by atoms with Crippen molar-refractivity contribution in [2.24, 2.45) is 0 Å². The van der Waals surface area contributed by atoms with Crippen LogP contribution in [0.25, 0.3) is 11.1 Å². The minimum atomic E-state index is 0. The van der Waals surface area contributed by atoms with Gasteiger partial charge < -0.3 is 14.9 Å². The molecular formula is C16H20Rf2-2. The number of hydrogen-bond acceptors (Lipinski definition) is 0. The average molecular weight is 746 g/mol. The van der Waals surface area contributed by atoms with Gasteiger partial charge in [0.15, 0.2) is 0 Å². The average Bonchev–Trinajstić information content (AvgIpc) is 2.21. The van der Waals surface area contributed by atoms with Crippen molar-refractivity contribution in [1.29, 1.82) is 0 Å². The zero-order chi connectivity index (χ0) is 9.97. The van der Waals surface area contributed by atoms with Gasteiger partial charge in [-0.3, -0.25) is 0 Å². The third-order valence-corrected chi connectivity index (χ3v) is 2.44. The molecule has 0 saturated carbocycles. The topological polar surface area (TPSA) is 0 Å². The number of hydrogen-bond donors (Lipinski definition) is 0. The van der Waals surface area contributed by atoms with E-state index in [-0.39, 0.29) is 14.9 Å². The first-order valence-electron chi connectivity index (χ1n) is 4.89. The number of aryl methyl sites for hydroxylation is 2. The summed E-state index contributed by atoms with van der Waals surface area (Å²) in [6.45, 7) is 4.22. The van der Waals surface area contributed by atoms with Gasteiger partial charge in [0, 0.05) is 0 Å². The van der Waals surface area contributed by atoms with Crippen LogP contribution in [0.3, 0.4) is 0 Å². The predicted octanol–water partition coefficient (Wildman–Crippen LogP) is 4.87. The molecule has 2 aromatic carbocycles. The summed E-state index contributed by atoms with van der Waals surface area (Å²) in [5, 5.41) is 0. The Morgan fingerprint density at radius 3 is 0.944 bits per heavy atom. The van der Waals surface area contributed by atoms with Crippen LogP contribution in [-0.4, -0.2) is 0 Å². The van der Waals surface area contributed by atoms with E-state index in [0.29, 0.717) is 0 Å². The van der Waals surface area contributed by atoms with Crippen molar-refractivity contribution in [3.63, 3.8) is 0 Å². The summed E-state index contributed by atoms with van der Waals surface area (Å²) in [6.07, 6.45) is 0. The first kappa shape index (κ1) is 19.9. The van der Waals surface area contributed by atoms with Gasteiger partial charge in [-0.15, -0.1) is 0 Å². The fourth-order valence-corrected chi connectivity index (χ4v) is 1.49. The van der Waals surface area contributed by atoms with Crippen LogP contribution in [0.1, 0.15) is 11.1 Å². The van der Waals surface area contributed by atoms with Crippen molar-refractivity contribution < 1.29 is 0 Å². The minimum Gasteiger partial charge on any atom is -0.358 e. The van der Waals surface area contributed by atoms with E-state index in [2.05, 4.69) is 62.4 Å². The second-order valence-corrected chi connectivity index (χ2v) is 3.73. The SMILES string of the molecule is Cc1ccc(-c2ccc(C)cc2)cc1.[CH3-].[CH3-].[Rf].[Rf]. The van der Waals surface area contributed by atoms with Crippen molar-refractivity contribution >= 4 is 0 Å². The standard InChI is InChI=1S/C14H14.2CH3.2Rf/c1-11-3-7-13(8-4-11)14-9-5-12(2)6-10-14;;;;/h3-10H,1-2H3;2*1H3;;/q;2*-1;;. The van der Waals surface area contributed by atoms with Gasteiger partial charge in [-0.05, 0) is 25.0 Å². The van der Waals surface area contributed by atoms with Gasteiger partial charge in [0.2, 0.25) is 0 Å². The van der Waals surface area contributed by atoms with Crippen molar-refractivity contribution in [2.45, 2.75) is 13.8 Å². The summed E-state index contributed by atoms with van der Waals surface area (Å²) in [5.41, 5.74) is 5.19. The third kappa shape index (κ3) is 3.90. The molecule has 2 aromatic rings. The maximum absolute atomic E-state index is 2.17. The quantitative estimate of drug-likeness (QED) is 0.366. The van der Waals surface area contributed by atoms with Crippen LogP contribution in [-0.2, 0) is 0 Å². The molecule has 0 nitrogen and oxygen atoms in total. The van der Waals surface area contributed by atoms with Gasteiger partial charge in [0.05, 0.1) is 0 Å². The molecule has 0 aromatic heterocycles. The van der Waals surface area contributed by atoms with Crippen LogP contribution >= 0.6 is 0 Å². The normalized spacial score (nSPS) is 7.89. The Kier molecular flexibility index (Phi) is 8.52. The van der Waals surface area contributed by atoms with Gasteiger partial charge in [0.25, 0.3) is 0 Å². The minimum absolute atomic E-state index is 0. The zero-order valence-corrected chi connectivity index (χ0v) is 24.8. The Hall–Kier alpha value is -3.56. The molecule has 0 aliphatic rings. The van der Waals surface area contributed by atoms with E-state index in [1.807, 2.05) is 0 Å². The Bertz CT molecular complexity index is 372. The summed E-state index contributed by atoms with van der Waals surface area (Å²) in [4.78, 5) is 0. The van der Waals surface area contributed by atoms with Crippen LogP contribution in [0.5, 0.6) is 0 Å². The molecule has 0 amide bonds. The van der Waals surface area contributed by atoms with E-state index in [1.165, 1.54) is 22.3 Å². The summed E-state index contributed by atoms with van der Waals surface area (Å²) in [7, 11) is 0. The van der Waals surface area contributed by atoms with Crippen LogP contribution in [0.2, 0.25) is 0 Å². The Balaban J connectivity index is -0.000000562. The van der Waals surface area contributed by atoms with Gasteiger partial charge in [-0.2, -0.15) is 0 Å². The zero-order valence-electron chi connectivity index (χ0n) is 12.0. The number of rotatable bonds is 1. The van der Waals surface area contributed by atoms with E-state index < -0.39 is 0 Å². The molecule has 90 valence electrons. The van der Waals surface area contributed by atoms with Crippen molar-refractivity contribution in [1.82, 2.24) is 0 Å². The predicted molar refractivity (Wildman–Crippen MR) is 74.2 cm³/mol. The van der Waals surface area contributed by atoms with E-state index in [4.69, 9.17) is 0 Å². The van der Waals surface area contributed by atoms with Crippen LogP contribution < -0.4 is 0 Å². The largest absolute Gasteiger partial charge is 0.358 e. The molecule has 0 aliphatic heterocycles.